The fraction of sp³-hybridized carbons (Fsp3) is 0.182. The Morgan fingerprint density at radius 1 is 0.963 bits per heavy atom. The first kappa shape index (κ1) is 18.6. The van der Waals surface area contributed by atoms with E-state index in [0.29, 0.717) is 18.2 Å². The first-order chi connectivity index (χ1) is 13.0. The SMILES string of the molecule is CC(C)c1ccc(Nc2ccc(C(=O)NCc3ccc(F)cc3)nc2)cc1. The van der Waals surface area contributed by atoms with Gasteiger partial charge in [-0.15, -0.1) is 0 Å². The van der Waals surface area contributed by atoms with E-state index in [-0.39, 0.29) is 11.7 Å². The smallest absolute Gasteiger partial charge is 0.270 e. The molecule has 0 aliphatic rings. The number of halogens is 1. The van der Waals surface area contributed by atoms with Crippen LogP contribution in [0.3, 0.4) is 0 Å². The summed E-state index contributed by atoms with van der Waals surface area (Å²) in [7, 11) is 0. The van der Waals surface area contributed by atoms with E-state index in [1.165, 1.54) is 17.7 Å². The molecule has 0 spiro atoms. The summed E-state index contributed by atoms with van der Waals surface area (Å²) in [5.74, 6) is -0.0748. The molecule has 1 aromatic heterocycles. The Morgan fingerprint density at radius 2 is 1.63 bits per heavy atom. The van der Waals surface area contributed by atoms with Crippen LogP contribution < -0.4 is 10.6 Å². The maximum Gasteiger partial charge on any atom is 0.270 e. The molecule has 0 unspecified atom stereocenters. The zero-order valence-corrected chi connectivity index (χ0v) is 15.4. The van der Waals surface area contributed by atoms with E-state index in [2.05, 4.69) is 41.6 Å². The summed E-state index contributed by atoms with van der Waals surface area (Å²) in [5.41, 5.74) is 4.22. The summed E-state index contributed by atoms with van der Waals surface area (Å²) in [5, 5.41) is 6.05. The molecule has 0 atom stereocenters. The van der Waals surface area contributed by atoms with Crippen molar-refractivity contribution in [2.24, 2.45) is 0 Å². The monoisotopic (exact) mass is 363 g/mol. The largest absolute Gasteiger partial charge is 0.354 e. The molecule has 0 bridgehead atoms. The van der Waals surface area contributed by atoms with E-state index in [0.717, 1.165) is 16.9 Å². The zero-order valence-electron chi connectivity index (χ0n) is 15.4. The molecule has 0 aliphatic carbocycles. The summed E-state index contributed by atoms with van der Waals surface area (Å²) >= 11 is 0. The quantitative estimate of drug-likeness (QED) is 0.647. The number of rotatable bonds is 6. The van der Waals surface area contributed by atoms with Gasteiger partial charge in [0, 0.05) is 12.2 Å². The van der Waals surface area contributed by atoms with Crippen LogP contribution in [-0.4, -0.2) is 10.9 Å². The van der Waals surface area contributed by atoms with Crippen molar-refractivity contribution in [3.05, 3.63) is 89.5 Å². The number of carbonyl (C=O) groups is 1. The van der Waals surface area contributed by atoms with Crippen LogP contribution >= 0.6 is 0 Å². The topological polar surface area (TPSA) is 54.0 Å². The first-order valence-corrected chi connectivity index (χ1v) is 8.87. The molecule has 0 saturated carbocycles. The van der Waals surface area contributed by atoms with Crippen LogP contribution in [0.1, 0.15) is 41.4 Å². The van der Waals surface area contributed by atoms with Crippen LogP contribution in [0.4, 0.5) is 15.8 Å². The van der Waals surface area contributed by atoms with Crippen molar-refractivity contribution in [2.45, 2.75) is 26.3 Å². The fourth-order valence-electron chi connectivity index (χ4n) is 2.60. The highest BCUT2D eigenvalue weighted by atomic mass is 19.1. The van der Waals surface area contributed by atoms with Crippen molar-refractivity contribution in [3.63, 3.8) is 0 Å². The van der Waals surface area contributed by atoms with E-state index < -0.39 is 0 Å². The number of carbonyl (C=O) groups excluding carboxylic acids is 1. The van der Waals surface area contributed by atoms with Crippen LogP contribution in [-0.2, 0) is 6.54 Å². The summed E-state index contributed by atoms with van der Waals surface area (Å²) < 4.78 is 12.9. The number of nitrogens with one attached hydrogen (secondary N) is 2. The molecule has 1 heterocycles. The Bertz CT molecular complexity index is 888. The minimum absolute atomic E-state index is 0.271. The van der Waals surface area contributed by atoms with Crippen molar-refractivity contribution >= 4 is 17.3 Å². The zero-order chi connectivity index (χ0) is 19.2. The standard InChI is InChI=1S/C22H22FN3O/c1-15(2)17-5-9-19(10-6-17)26-20-11-12-21(24-14-20)22(27)25-13-16-3-7-18(23)8-4-16/h3-12,14-15,26H,13H2,1-2H3,(H,25,27). The van der Waals surface area contributed by atoms with E-state index in [9.17, 15) is 9.18 Å². The highest BCUT2D eigenvalue weighted by molar-refractivity contribution is 5.92. The minimum atomic E-state index is -0.298. The Kier molecular flexibility index (Phi) is 5.81. The van der Waals surface area contributed by atoms with Crippen molar-refractivity contribution < 1.29 is 9.18 Å². The first-order valence-electron chi connectivity index (χ1n) is 8.87. The molecule has 0 fully saturated rings. The molecule has 3 aromatic rings. The molecule has 27 heavy (non-hydrogen) atoms. The van der Waals surface area contributed by atoms with Gasteiger partial charge in [0.25, 0.3) is 5.91 Å². The van der Waals surface area contributed by atoms with Gasteiger partial charge in [-0.3, -0.25) is 4.79 Å². The third kappa shape index (κ3) is 5.14. The minimum Gasteiger partial charge on any atom is -0.354 e. The average Bonchev–Trinajstić information content (AvgIpc) is 2.68. The summed E-state index contributed by atoms with van der Waals surface area (Å²) in [6, 6.07) is 17.7. The Hall–Kier alpha value is -3.21. The number of amides is 1. The van der Waals surface area contributed by atoms with Crippen molar-refractivity contribution in [1.82, 2.24) is 10.3 Å². The molecular weight excluding hydrogens is 341 g/mol. The number of pyridine rings is 1. The second-order valence-corrected chi connectivity index (χ2v) is 6.64. The van der Waals surface area contributed by atoms with Crippen molar-refractivity contribution in [3.8, 4) is 0 Å². The van der Waals surface area contributed by atoms with E-state index in [4.69, 9.17) is 0 Å². The predicted molar refractivity (Wildman–Crippen MR) is 106 cm³/mol. The maximum absolute atomic E-state index is 12.9. The summed E-state index contributed by atoms with van der Waals surface area (Å²) in [6.45, 7) is 4.64. The normalized spacial score (nSPS) is 10.7. The lowest BCUT2D eigenvalue weighted by molar-refractivity contribution is 0.0946. The molecule has 2 aromatic carbocycles. The highest BCUT2D eigenvalue weighted by Crippen LogP contribution is 2.20. The summed E-state index contributed by atoms with van der Waals surface area (Å²) in [4.78, 5) is 16.4. The van der Waals surface area contributed by atoms with Gasteiger partial charge in [-0.05, 0) is 53.4 Å². The molecule has 0 radical (unpaired) electrons. The number of hydrogen-bond acceptors (Lipinski definition) is 3. The number of aromatic nitrogens is 1. The van der Waals surface area contributed by atoms with Gasteiger partial charge >= 0.3 is 0 Å². The molecule has 2 N–H and O–H groups in total. The number of hydrogen-bond donors (Lipinski definition) is 2. The molecule has 5 heteroatoms. The van der Waals surface area contributed by atoms with Gasteiger partial charge in [-0.1, -0.05) is 38.1 Å². The highest BCUT2D eigenvalue weighted by Gasteiger charge is 2.07. The molecule has 0 saturated heterocycles. The van der Waals surface area contributed by atoms with Gasteiger partial charge in [-0.2, -0.15) is 0 Å². The van der Waals surface area contributed by atoms with Crippen LogP contribution in [0, 0.1) is 5.82 Å². The Balaban J connectivity index is 1.57. The van der Waals surface area contributed by atoms with Gasteiger partial charge in [-0.25, -0.2) is 9.37 Å². The van der Waals surface area contributed by atoms with Gasteiger partial charge in [0.05, 0.1) is 11.9 Å². The van der Waals surface area contributed by atoms with Crippen molar-refractivity contribution in [1.29, 1.82) is 0 Å². The van der Waals surface area contributed by atoms with Gasteiger partial charge < -0.3 is 10.6 Å². The lowest BCUT2D eigenvalue weighted by Crippen LogP contribution is -2.23. The number of benzene rings is 2. The van der Waals surface area contributed by atoms with Gasteiger partial charge in [0.15, 0.2) is 0 Å². The lowest BCUT2D eigenvalue weighted by Gasteiger charge is -2.10. The summed E-state index contributed by atoms with van der Waals surface area (Å²) in [6.07, 6.45) is 1.63. The van der Waals surface area contributed by atoms with Crippen LogP contribution in [0.15, 0.2) is 66.9 Å². The molecule has 3 rings (SSSR count). The maximum atomic E-state index is 12.9. The molecule has 138 valence electrons. The van der Waals surface area contributed by atoms with Gasteiger partial charge in [0.2, 0.25) is 0 Å². The van der Waals surface area contributed by atoms with E-state index >= 15 is 0 Å². The predicted octanol–water partition coefficient (Wildman–Crippen LogP) is 5.02. The van der Waals surface area contributed by atoms with Crippen LogP contribution in [0.25, 0.3) is 0 Å². The van der Waals surface area contributed by atoms with Crippen molar-refractivity contribution in [2.75, 3.05) is 5.32 Å². The Labute approximate surface area is 158 Å². The number of nitrogens with zero attached hydrogens (tertiary/aromatic N) is 1. The number of anilines is 2. The van der Waals surface area contributed by atoms with E-state index in [1.54, 1.807) is 24.4 Å². The van der Waals surface area contributed by atoms with E-state index in [1.807, 2.05) is 18.2 Å². The lowest BCUT2D eigenvalue weighted by atomic mass is 10.0. The fourth-order valence-corrected chi connectivity index (χ4v) is 2.60. The van der Waals surface area contributed by atoms with Crippen LogP contribution in [0.2, 0.25) is 0 Å². The molecule has 4 nitrogen and oxygen atoms in total. The van der Waals surface area contributed by atoms with Crippen LogP contribution in [0.5, 0.6) is 0 Å². The Morgan fingerprint density at radius 3 is 2.22 bits per heavy atom. The molecule has 1 amide bonds. The molecular formula is C22H22FN3O. The molecule has 0 aliphatic heterocycles. The second kappa shape index (κ2) is 8.45. The third-order valence-electron chi connectivity index (χ3n) is 4.23. The third-order valence-corrected chi connectivity index (χ3v) is 4.23. The average molecular weight is 363 g/mol. The van der Waals surface area contributed by atoms with Gasteiger partial charge in [0.1, 0.15) is 11.5 Å². The second-order valence-electron chi connectivity index (χ2n) is 6.64.